The molecule has 3 N–H and O–H groups in total. The van der Waals surface area contributed by atoms with Gasteiger partial charge in [0.25, 0.3) is 5.91 Å². The molecule has 0 radical (unpaired) electrons. The Hall–Kier alpha value is -4.02. The van der Waals surface area contributed by atoms with Gasteiger partial charge >= 0.3 is 0 Å². The molecule has 0 atom stereocenters. The van der Waals surface area contributed by atoms with Crippen LogP contribution in [-0.4, -0.2) is 50.6 Å². The van der Waals surface area contributed by atoms with Gasteiger partial charge < -0.3 is 20.9 Å². The summed E-state index contributed by atoms with van der Waals surface area (Å²) in [5.74, 6) is 2.24. The van der Waals surface area contributed by atoms with E-state index in [4.69, 9.17) is 0 Å². The normalized spacial score (nSPS) is 14.4. The molecule has 0 saturated heterocycles. The number of fused-ring (bicyclic) bond motifs is 3. The lowest BCUT2D eigenvalue weighted by Crippen LogP contribution is -2.28. The predicted octanol–water partition coefficient (Wildman–Crippen LogP) is 1.77. The molecule has 0 spiro atoms. The maximum absolute atomic E-state index is 12.5. The molecule has 2 amide bonds. The number of aromatic nitrogens is 5. The van der Waals surface area contributed by atoms with Crippen LogP contribution in [0.5, 0.6) is 0 Å². The van der Waals surface area contributed by atoms with Crippen LogP contribution < -0.4 is 20.9 Å². The minimum atomic E-state index is -0.287. The molecule has 0 bridgehead atoms. The fourth-order valence-electron chi connectivity index (χ4n) is 3.76. The fraction of sp³-hybridized carbons (Fsp3) is 0.333. The monoisotopic (exact) mass is 433 g/mol. The average Bonchev–Trinajstić information content (AvgIpc) is 3.56. The molecular formula is C21H23N9O2. The van der Waals surface area contributed by atoms with Crippen LogP contribution in [0, 0.1) is 12.8 Å². The first kappa shape index (κ1) is 19.9. The first-order chi connectivity index (χ1) is 15.4. The van der Waals surface area contributed by atoms with Crippen LogP contribution in [0.15, 0.2) is 24.5 Å². The Labute approximate surface area is 184 Å². The summed E-state index contributed by atoms with van der Waals surface area (Å²) >= 11 is 0. The molecule has 11 heteroatoms. The Balaban J connectivity index is 1.55. The first-order valence-corrected chi connectivity index (χ1v) is 10.4. The zero-order chi connectivity index (χ0) is 22.4. The van der Waals surface area contributed by atoms with Crippen LogP contribution in [0.2, 0.25) is 0 Å². The van der Waals surface area contributed by atoms with Gasteiger partial charge in [-0.2, -0.15) is 4.68 Å². The van der Waals surface area contributed by atoms with E-state index < -0.39 is 0 Å². The lowest BCUT2D eigenvalue weighted by atomic mass is 10.2. The summed E-state index contributed by atoms with van der Waals surface area (Å²) in [5, 5.41) is 13.3. The summed E-state index contributed by atoms with van der Waals surface area (Å²) in [4.78, 5) is 39.9. The maximum Gasteiger partial charge on any atom is 0.254 e. The predicted molar refractivity (Wildman–Crippen MR) is 118 cm³/mol. The number of nitrogens with one attached hydrogen (secondary N) is 3. The number of hydrogen-bond acceptors (Lipinski definition) is 8. The SMILES string of the molecule is CNC(=O)c1cnc(NC(=O)C2CC2)cc1Nc1ccnc2c1N(C)Cc1nc(C)nn1-2. The molecule has 3 aromatic rings. The molecule has 0 unspecified atom stereocenters. The van der Waals surface area contributed by atoms with Crippen molar-refractivity contribution in [3.8, 4) is 5.82 Å². The Kier molecular flexibility index (Phi) is 4.72. The van der Waals surface area contributed by atoms with Gasteiger partial charge in [0, 0.05) is 38.5 Å². The molecule has 4 heterocycles. The van der Waals surface area contributed by atoms with Gasteiger partial charge in [0.05, 0.1) is 23.5 Å². The molecule has 11 nitrogen and oxygen atoms in total. The molecule has 5 rings (SSSR count). The highest BCUT2D eigenvalue weighted by Crippen LogP contribution is 2.37. The van der Waals surface area contributed by atoms with Crippen molar-refractivity contribution in [2.45, 2.75) is 26.3 Å². The van der Waals surface area contributed by atoms with Crippen molar-refractivity contribution >= 4 is 34.7 Å². The molecule has 0 aromatic carbocycles. The smallest absolute Gasteiger partial charge is 0.254 e. The Morgan fingerprint density at radius 2 is 2.00 bits per heavy atom. The third-order valence-corrected chi connectivity index (χ3v) is 5.49. The highest BCUT2D eigenvalue weighted by atomic mass is 16.2. The number of nitrogens with zero attached hydrogens (tertiary/aromatic N) is 6. The Morgan fingerprint density at radius 3 is 2.75 bits per heavy atom. The van der Waals surface area contributed by atoms with Gasteiger partial charge in [-0.05, 0) is 25.8 Å². The molecule has 32 heavy (non-hydrogen) atoms. The van der Waals surface area contributed by atoms with Crippen LogP contribution in [-0.2, 0) is 11.3 Å². The number of pyridine rings is 2. The summed E-state index contributed by atoms with van der Waals surface area (Å²) < 4.78 is 1.74. The number of hydrogen-bond donors (Lipinski definition) is 3. The van der Waals surface area contributed by atoms with Gasteiger partial charge in [-0.25, -0.2) is 15.0 Å². The van der Waals surface area contributed by atoms with Crippen LogP contribution in [0.4, 0.5) is 22.9 Å². The average molecular weight is 433 g/mol. The maximum atomic E-state index is 12.5. The standard InChI is InChI=1S/C21H23N9O2/c1-11-25-17-10-29(3)18-14(6-7-23-19(18)30(17)28-11)26-15-8-16(27-20(31)12-4-5-12)24-9-13(15)21(32)22-2/h6-9,12H,4-5,10H2,1-3H3,(H,22,32)(H2,23,24,26,27,31). The highest BCUT2D eigenvalue weighted by Gasteiger charge is 2.30. The molecule has 1 aliphatic carbocycles. The topological polar surface area (TPSA) is 130 Å². The lowest BCUT2D eigenvalue weighted by Gasteiger charge is -2.29. The molecule has 3 aromatic heterocycles. The summed E-state index contributed by atoms with van der Waals surface area (Å²) in [5.41, 5.74) is 2.45. The number of amides is 2. The van der Waals surface area contributed by atoms with E-state index >= 15 is 0 Å². The van der Waals surface area contributed by atoms with Gasteiger partial charge in [-0.3, -0.25) is 9.59 Å². The van der Waals surface area contributed by atoms with Crippen LogP contribution >= 0.6 is 0 Å². The van der Waals surface area contributed by atoms with Gasteiger partial charge in [-0.15, -0.1) is 5.10 Å². The van der Waals surface area contributed by atoms with E-state index in [0.29, 0.717) is 35.3 Å². The third kappa shape index (κ3) is 3.51. The molecular weight excluding hydrogens is 410 g/mol. The van der Waals surface area contributed by atoms with Crippen LogP contribution in [0.3, 0.4) is 0 Å². The van der Waals surface area contributed by atoms with Crippen molar-refractivity contribution in [1.29, 1.82) is 0 Å². The van der Waals surface area contributed by atoms with Crippen molar-refractivity contribution in [2.24, 2.45) is 5.92 Å². The van der Waals surface area contributed by atoms with E-state index in [0.717, 1.165) is 30.0 Å². The number of anilines is 4. The molecule has 2 aliphatic rings. The first-order valence-electron chi connectivity index (χ1n) is 10.4. The molecule has 164 valence electrons. The van der Waals surface area contributed by atoms with E-state index in [1.54, 1.807) is 24.0 Å². The molecule has 1 saturated carbocycles. The van der Waals surface area contributed by atoms with Gasteiger partial charge in [0.15, 0.2) is 11.6 Å². The van der Waals surface area contributed by atoms with Gasteiger partial charge in [0.2, 0.25) is 5.91 Å². The number of aryl methyl sites for hydroxylation is 1. The van der Waals surface area contributed by atoms with Crippen molar-refractivity contribution in [3.63, 3.8) is 0 Å². The summed E-state index contributed by atoms with van der Waals surface area (Å²) in [6, 6.07) is 3.51. The second-order valence-electron chi connectivity index (χ2n) is 7.96. The van der Waals surface area contributed by atoms with Crippen molar-refractivity contribution in [1.82, 2.24) is 30.0 Å². The van der Waals surface area contributed by atoms with E-state index in [9.17, 15) is 9.59 Å². The highest BCUT2D eigenvalue weighted by molar-refractivity contribution is 6.02. The molecule has 1 fully saturated rings. The van der Waals surface area contributed by atoms with Gasteiger partial charge in [0.1, 0.15) is 17.3 Å². The quantitative estimate of drug-likeness (QED) is 0.555. The van der Waals surface area contributed by atoms with Crippen LogP contribution in [0.25, 0.3) is 5.82 Å². The zero-order valence-corrected chi connectivity index (χ0v) is 18.0. The van der Waals surface area contributed by atoms with Crippen LogP contribution in [0.1, 0.15) is 34.8 Å². The van der Waals surface area contributed by atoms with Crippen molar-refractivity contribution in [2.75, 3.05) is 29.6 Å². The summed E-state index contributed by atoms with van der Waals surface area (Å²) in [7, 11) is 3.51. The third-order valence-electron chi connectivity index (χ3n) is 5.49. The number of carbonyl (C=O) groups excluding carboxylic acids is 2. The summed E-state index contributed by atoms with van der Waals surface area (Å²) in [6.07, 6.45) is 4.93. The van der Waals surface area contributed by atoms with E-state index in [1.165, 1.54) is 6.20 Å². The number of rotatable bonds is 5. The van der Waals surface area contributed by atoms with E-state index in [1.807, 2.05) is 24.9 Å². The molecule has 1 aliphatic heterocycles. The Bertz CT molecular complexity index is 1230. The van der Waals surface area contributed by atoms with E-state index in [2.05, 4.69) is 36.0 Å². The summed E-state index contributed by atoms with van der Waals surface area (Å²) in [6.45, 7) is 2.41. The van der Waals surface area contributed by atoms with Gasteiger partial charge in [-0.1, -0.05) is 0 Å². The second-order valence-corrected chi connectivity index (χ2v) is 7.96. The fourth-order valence-corrected chi connectivity index (χ4v) is 3.76. The Morgan fingerprint density at radius 1 is 1.19 bits per heavy atom. The largest absolute Gasteiger partial charge is 0.362 e. The van der Waals surface area contributed by atoms with Crippen molar-refractivity contribution < 1.29 is 9.59 Å². The van der Waals surface area contributed by atoms with Crippen molar-refractivity contribution in [3.05, 3.63) is 41.7 Å². The van der Waals surface area contributed by atoms with E-state index in [-0.39, 0.29) is 17.7 Å². The lowest BCUT2D eigenvalue weighted by molar-refractivity contribution is -0.117. The minimum Gasteiger partial charge on any atom is -0.362 e. The second kappa shape index (κ2) is 7.59. The zero-order valence-electron chi connectivity index (χ0n) is 18.0. The minimum absolute atomic E-state index is 0.0491. The number of carbonyl (C=O) groups is 2.